The van der Waals surface area contributed by atoms with Crippen LogP contribution in [0.25, 0.3) is 0 Å². The summed E-state index contributed by atoms with van der Waals surface area (Å²) in [6.07, 6.45) is 5.73. The average molecular weight is 352 g/mol. The van der Waals surface area contributed by atoms with Crippen molar-refractivity contribution in [2.45, 2.75) is 38.9 Å². The maximum absolute atomic E-state index is 12.9. The van der Waals surface area contributed by atoms with Crippen molar-refractivity contribution in [3.05, 3.63) is 11.8 Å². The van der Waals surface area contributed by atoms with Gasteiger partial charge in [-0.3, -0.25) is 4.79 Å². The van der Waals surface area contributed by atoms with Gasteiger partial charge in [-0.1, -0.05) is 0 Å². The van der Waals surface area contributed by atoms with E-state index in [0.717, 1.165) is 39.0 Å². The first-order chi connectivity index (χ1) is 12.1. The molecule has 0 spiro atoms. The van der Waals surface area contributed by atoms with E-state index in [1.807, 2.05) is 11.8 Å². The van der Waals surface area contributed by atoms with Gasteiger partial charge in [-0.15, -0.1) is 0 Å². The number of carbonyl (C=O) groups is 1. The molecule has 142 valence electrons. The average Bonchev–Trinajstić information content (AvgIpc) is 3.45. The lowest BCUT2D eigenvalue weighted by atomic mass is 9.82. The Hall–Kier alpha value is -1.11. The van der Waals surface area contributed by atoms with Gasteiger partial charge in [0.05, 0.1) is 0 Å². The molecule has 1 N–H and O–H groups in total. The van der Waals surface area contributed by atoms with Crippen molar-refractivity contribution in [3.8, 4) is 0 Å². The molecule has 1 saturated heterocycles. The molecule has 1 amide bonds. The summed E-state index contributed by atoms with van der Waals surface area (Å²) in [6, 6.07) is 0. The Labute approximate surface area is 150 Å². The molecule has 0 aromatic rings. The molecule has 0 aromatic heterocycles. The first-order valence-corrected chi connectivity index (χ1v) is 9.72. The lowest BCUT2D eigenvalue weighted by Crippen LogP contribution is -2.49. The van der Waals surface area contributed by atoms with Gasteiger partial charge in [0, 0.05) is 45.3 Å². The summed E-state index contributed by atoms with van der Waals surface area (Å²) in [4.78, 5) is 17.1. The number of aliphatic hydroxyl groups excluding tert-OH is 1. The SMILES string of the molecule is CCO[C@H]1OC(C(=O)N2CCN(C)CC2)=C[C@@H](C2CC2)[C@H]1CCCO. The van der Waals surface area contributed by atoms with E-state index in [2.05, 4.69) is 18.0 Å². The van der Waals surface area contributed by atoms with Crippen molar-refractivity contribution >= 4 is 5.91 Å². The van der Waals surface area contributed by atoms with Crippen LogP contribution < -0.4 is 0 Å². The summed E-state index contributed by atoms with van der Waals surface area (Å²) in [5.74, 6) is 1.65. The zero-order valence-electron chi connectivity index (χ0n) is 15.5. The number of hydrogen-bond donors (Lipinski definition) is 1. The third kappa shape index (κ3) is 4.54. The molecule has 3 aliphatic rings. The molecule has 1 saturated carbocycles. The first kappa shape index (κ1) is 18.7. The molecule has 3 rings (SSSR count). The minimum atomic E-state index is -0.376. The van der Waals surface area contributed by atoms with E-state index in [-0.39, 0.29) is 24.7 Å². The minimum Gasteiger partial charge on any atom is -0.459 e. The summed E-state index contributed by atoms with van der Waals surface area (Å²) in [6.45, 7) is 6.00. The molecule has 0 radical (unpaired) electrons. The number of rotatable bonds is 7. The van der Waals surface area contributed by atoms with Gasteiger partial charge < -0.3 is 24.4 Å². The van der Waals surface area contributed by atoms with E-state index in [9.17, 15) is 9.90 Å². The van der Waals surface area contributed by atoms with Crippen molar-refractivity contribution < 1.29 is 19.4 Å². The van der Waals surface area contributed by atoms with E-state index in [0.29, 0.717) is 24.2 Å². The molecule has 2 aliphatic heterocycles. The number of hydrogen-bond acceptors (Lipinski definition) is 5. The number of piperazine rings is 1. The number of likely N-dealkylation sites (N-methyl/N-ethyl adjacent to an activating group) is 1. The van der Waals surface area contributed by atoms with Gasteiger partial charge in [0.2, 0.25) is 6.29 Å². The summed E-state index contributed by atoms with van der Waals surface area (Å²) >= 11 is 0. The number of allylic oxidation sites excluding steroid dienone is 1. The molecule has 2 fully saturated rings. The van der Waals surface area contributed by atoms with Gasteiger partial charge in [0.15, 0.2) is 5.76 Å². The molecule has 0 unspecified atom stereocenters. The van der Waals surface area contributed by atoms with E-state index in [1.54, 1.807) is 0 Å². The molecule has 2 heterocycles. The van der Waals surface area contributed by atoms with E-state index >= 15 is 0 Å². The summed E-state index contributed by atoms with van der Waals surface area (Å²) < 4.78 is 11.9. The summed E-state index contributed by atoms with van der Waals surface area (Å²) in [7, 11) is 2.08. The monoisotopic (exact) mass is 352 g/mol. The lowest BCUT2D eigenvalue weighted by Gasteiger charge is -2.39. The van der Waals surface area contributed by atoms with Crippen molar-refractivity contribution in [2.75, 3.05) is 46.4 Å². The second-order valence-corrected chi connectivity index (χ2v) is 7.51. The lowest BCUT2D eigenvalue weighted by molar-refractivity contribution is -0.177. The van der Waals surface area contributed by atoms with Crippen LogP contribution in [0.15, 0.2) is 11.8 Å². The van der Waals surface area contributed by atoms with Gasteiger partial charge in [-0.2, -0.15) is 0 Å². The Bertz CT molecular complexity index is 484. The van der Waals surface area contributed by atoms with Gasteiger partial charge in [-0.25, -0.2) is 0 Å². The predicted molar refractivity (Wildman–Crippen MR) is 94.7 cm³/mol. The second kappa shape index (κ2) is 8.52. The van der Waals surface area contributed by atoms with Gasteiger partial charge in [0.1, 0.15) is 0 Å². The van der Waals surface area contributed by atoms with E-state index in [4.69, 9.17) is 9.47 Å². The van der Waals surface area contributed by atoms with Crippen LogP contribution in [-0.2, 0) is 14.3 Å². The molecule has 0 aromatic carbocycles. The fraction of sp³-hybridized carbons (Fsp3) is 0.842. The van der Waals surface area contributed by atoms with Gasteiger partial charge in [-0.05, 0) is 57.6 Å². The van der Waals surface area contributed by atoms with Crippen LogP contribution in [0.4, 0.5) is 0 Å². The Morgan fingerprint density at radius 3 is 2.64 bits per heavy atom. The Morgan fingerprint density at radius 2 is 2.04 bits per heavy atom. The maximum Gasteiger partial charge on any atom is 0.288 e. The number of nitrogens with zero attached hydrogens (tertiary/aromatic N) is 2. The Kier molecular flexibility index (Phi) is 6.36. The molecule has 3 atom stereocenters. The zero-order chi connectivity index (χ0) is 17.8. The highest BCUT2D eigenvalue weighted by Gasteiger charge is 2.44. The summed E-state index contributed by atoms with van der Waals surface area (Å²) in [5, 5.41) is 9.22. The Balaban J connectivity index is 1.75. The third-order valence-corrected chi connectivity index (χ3v) is 5.63. The van der Waals surface area contributed by atoms with Gasteiger partial charge >= 0.3 is 0 Å². The van der Waals surface area contributed by atoms with Crippen LogP contribution in [0.2, 0.25) is 0 Å². The van der Waals surface area contributed by atoms with Crippen molar-refractivity contribution in [2.24, 2.45) is 17.8 Å². The first-order valence-electron chi connectivity index (χ1n) is 9.72. The molecule has 6 heteroatoms. The van der Waals surface area contributed by atoms with E-state index < -0.39 is 0 Å². The molecule has 25 heavy (non-hydrogen) atoms. The maximum atomic E-state index is 12.9. The van der Waals surface area contributed by atoms with Crippen molar-refractivity contribution in [1.29, 1.82) is 0 Å². The highest BCUT2D eigenvalue weighted by molar-refractivity contribution is 5.91. The highest BCUT2D eigenvalue weighted by Crippen LogP contribution is 2.47. The predicted octanol–water partition coefficient (Wildman–Crippen LogP) is 1.45. The zero-order valence-corrected chi connectivity index (χ0v) is 15.5. The van der Waals surface area contributed by atoms with Crippen LogP contribution in [-0.4, -0.2) is 73.5 Å². The van der Waals surface area contributed by atoms with Crippen LogP contribution in [0.3, 0.4) is 0 Å². The molecule has 1 aliphatic carbocycles. The molecule has 6 nitrogen and oxygen atoms in total. The third-order valence-electron chi connectivity index (χ3n) is 5.63. The number of aliphatic hydroxyl groups is 1. The van der Waals surface area contributed by atoms with Crippen LogP contribution in [0.5, 0.6) is 0 Å². The van der Waals surface area contributed by atoms with Gasteiger partial charge in [0.25, 0.3) is 5.91 Å². The second-order valence-electron chi connectivity index (χ2n) is 7.51. The minimum absolute atomic E-state index is 0.00376. The highest BCUT2D eigenvalue weighted by atomic mass is 16.7. The van der Waals surface area contributed by atoms with Crippen LogP contribution in [0.1, 0.15) is 32.6 Å². The normalized spacial score (nSPS) is 30.8. The topological polar surface area (TPSA) is 62.2 Å². The number of amides is 1. The largest absolute Gasteiger partial charge is 0.459 e. The Morgan fingerprint density at radius 1 is 1.32 bits per heavy atom. The van der Waals surface area contributed by atoms with Crippen LogP contribution in [0, 0.1) is 17.8 Å². The fourth-order valence-corrected chi connectivity index (χ4v) is 3.96. The van der Waals surface area contributed by atoms with Crippen molar-refractivity contribution in [1.82, 2.24) is 9.80 Å². The summed E-state index contributed by atoms with van der Waals surface area (Å²) in [5.41, 5.74) is 0. The standard InChI is InChI=1S/C19H32N2O4/c1-3-24-19-15(5-4-12-22)16(14-6-7-14)13-17(25-19)18(23)21-10-8-20(2)9-11-21/h13-16,19,22H,3-12H2,1-2H3/t15-,16+,19+/m1/s1. The molecular weight excluding hydrogens is 320 g/mol. The van der Waals surface area contributed by atoms with Crippen molar-refractivity contribution in [3.63, 3.8) is 0 Å². The van der Waals surface area contributed by atoms with Crippen LogP contribution >= 0.6 is 0 Å². The van der Waals surface area contributed by atoms with E-state index in [1.165, 1.54) is 12.8 Å². The number of carbonyl (C=O) groups excluding carboxylic acids is 1. The molecule has 0 bridgehead atoms. The smallest absolute Gasteiger partial charge is 0.288 e. The quantitative estimate of drug-likeness (QED) is 0.751. The fourth-order valence-electron chi connectivity index (χ4n) is 3.96. The molecular formula is C19H32N2O4. The number of ether oxygens (including phenoxy) is 2.